The summed E-state index contributed by atoms with van der Waals surface area (Å²) < 4.78 is 22.7. The van der Waals surface area contributed by atoms with Crippen LogP contribution < -0.4 is 0 Å². The summed E-state index contributed by atoms with van der Waals surface area (Å²) in [6, 6.07) is 16.2. The predicted octanol–water partition coefficient (Wildman–Crippen LogP) is 4.65. The van der Waals surface area contributed by atoms with Crippen LogP contribution in [-0.4, -0.2) is 52.8 Å². The highest BCUT2D eigenvalue weighted by Gasteiger charge is 2.67. The van der Waals surface area contributed by atoms with Crippen molar-refractivity contribution in [2.45, 2.75) is 37.4 Å². The maximum atomic E-state index is 13.7. The lowest BCUT2D eigenvalue weighted by atomic mass is 9.88. The van der Waals surface area contributed by atoms with Crippen LogP contribution >= 0.6 is 0 Å². The van der Waals surface area contributed by atoms with Gasteiger partial charge in [-0.05, 0) is 24.6 Å². The number of fused-ring (bicyclic) bond motifs is 13. The highest BCUT2D eigenvalue weighted by atomic mass is 16.6. The van der Waals surface area contributed by atoms with E-state index in [1.165, 1.54) is 7.11 Å². The van der Waals surface area contributed by atoms with E-state index in [1.54, 1.807) is 12.0 Å². The van der Waals surface area contributed by atoms with Crippen LogP contribution in [0.2, 0.25) is 0 Å². The second-order valence-electron chi connectivity index (χ2n) is 10.5. The largest absolute Gasteiger partial charge is 0.467 e. The Morgan fingerprint density at radius 1 is 1.00 bits per heavy atom. The molecule has 5 heterocycles. The maximum Gasteiger partial charge on any atom is 0.343 e. The van der Waals surface area contributed by atoms with Crippen molar-refractivity contribution in [2.24, 2.45) is 0 Å². The number of nitrogens with zero attached hydrogens (tertiary/aromatic N) is 3. The molecule has 0 unspecified atom stereocenters. The predicted molar refractivity (Wildman–Crippen MR) is 138 cm³/mol. The molecule has 5 aromatic rings. The number of esters is 1. The first-order chi connectivity index (χ1) is 17.9. The van der Waals surface area contributed by atoms with Crippen LogP contribution in [0.4, 0.5) is 0 Å². The molecule has 2 bridgehead atoms. The molecule has 8 nitrogen and oxygen atoms in total. The van der Waals surface area contributed by atoms with Gasteiger partial charge in [0, 0.05) is 48.7 Å². The number of para-hydroxylation sites is 2. The molecule has 8 heteroatoms. The number of methoxy groups -OCH3 is 2. The molecule has 1 saturated heterocycles. The Morgan fingerprint density at radius 3 is 2.38 bits per heavy atom. The molecular weight excluding hydrogens is 470 g/mol. The molecule has 1 amide bonds. The molecule has 8 rings (SSSR count). The van der Waals surface area contributed by atoms with Crippen molar-refractivity contribution < 1.29 is 23.8 Å². The fourth-order valence-electron chi connectivity index (χ4n) is 7.44. The average Bonchev–Trinajstić information content (AvgIpc) is 3.58. The van der Waals surface area contributed by atoms with Crippen molar-refractivity contribution in [3.63, 3.8) is 0 Å². The van der Waals surface area contributed by atoms with Crippen LogP contribution in [0.1, 0.15) is 35.5 Å². The van der Waals surface area contributed by atoms with Gasteiger partial charge in [-0.15, -0.1) is 0 Å². The number of carbonyl (C=O) groups excluding carboxylic acids is 2. The molecule has 0 aliphatic carbocycles. The fourth-order valence-corrected chi connectivity index (χ4v) is 7.44. The van der Waals surface area contributed by atoms with Gasteiger partial charge in [0.15, 0.2) is 5.72 Å². The molecular formula is C29H25N3O5. The lowest BCUT2D eigenvalue weighted by molar-refractivity contribution is -0.210. The number of benzene rings is 3. The van der Waals surface area contributed by atoms with Gasteiger partial charge in [-0.3, -0.25) is 4.79 Å². The summed E-state index contributed by atoms with van der Waals surface area (Å²) in [4.78, 5) is 29.0. The summed E-state index contributed by atoms with van der Waals surface area (Å²) in [7, 11) is 4.79. The summed E-state index contributed by atoms with van der Waals surface area (Å²) in [5, 5.41) is 3.97. The normalized spacial score (nSPS) is 26.2. The van der Waals surface area contributed by atoms with Gasteiger partial charge in [-0.25, -0.2) is 4.79 Å². The monoisotopic (exact) mass is 495 g/mol. The quantitative estimate of drug-likeness (QED) is 0.333. The van der Waals surface area contributed by atoms with E-state index in [9.17, 15) is 9.59 Å². The molecule has 0 spiro atoms. The molecule has 37 heavy (non-hydrogen) atoms. The number of hydrogen-bond acceptors (Lipinski definition) is 5. The van der Waals surface area contributed by atoms with Gasteiger partial charge in [0.1, 0.15) is 6.23 Å². The first kappa shape index (κ1) is 21.2. The van der Waals surface area contributed by atoms with Gasteiger partial charge >= 0.3 is 5.97 Å². The van der Waals surface area contributed by atoms with Gasteiger partial charge in [0.2, 0.25) is 5.60 Å². The number of amides is 1. The highest BCUT2D eigenvalue weighted by molar-refractivity contribution is 6.31. The number of rotatable bonds is 2. The minimum atomic E-state index is -1.39. The number of ether oxygens (including phenoxy) is 3. The fraction of sp³-hybridized carbons (Fsp3) is 0.310. The summed E-state index contributed by atoms with van der Waals surface area (Å²) in [6.45, 7) is 2.44. The van der Waals surface area contributed by atoms with Crippen LogP contribution in [0, 0.1) is 0 Å². The smallest absolute Gasteiger partial charge is 0.343 e. The van der Waals surface area contributed by atoms with E-state index in [0.717, 1.165) is 54.7 Å². The zero-order valence-electron chi connectivity index (χ0n) is 21.0. The van der Waals surface area contributed by atoms with E-state index in [0.29, 0.717) is 6.54 Å². The highest BCUT2D eigenvalue weighted by Crippen LogP contribution is 2.59. The summed E-state index contributed by atoms with van der Waals surface area (Å²) in [6.07, 6.45) is -0.251. The van der Waals surface area contributed by atoms with Crippen LogP contribution in [0.25, 0.3) is 43.6 Å². The molecule has 3 aliphatic rings. The van der Waals surface area contributed by atoms with E-state index in [2.05, 4.69) is 27.3 Å². The molecule has 0 saturated carbocycles. The van der Waals surface area contributed by atoms with Crippen molar-refractivity contribution in [2.75, 3.05) is 21.3 Å². The Morgan fingerprint density at radius 2 is 1.68 bits per heavy atom. The van der Waals surface area contributed by atoms with E-state index in [-0.39, 0.29) is 12.3 Å². The molecule has 3 atom stereocenters. The van der Waals surface area contributed by atoms with Crippen molar-refractivity contribution in [3.8, 4) is 0 Å². The molecule has 1 fully saturated rings. The molecule has 2 aromatic heterocycles. The van der Waals surface area contributed by atoms with Gasteiger partial charge in [-0.2, -0.15) is 0 Å². The Kier molecular flexibility index (Phi) is 3.74. The van der Waals surface area contributed by atoms with Gasteiger partial charge in [0.25, 0.3) is 5.91 Å². The Balaban J connectivity index is 1.72. The third-order valence-electron chi connectivity index (χ3n) is 8.97. The first-order valence-electron chi connectivity index (χ1n) is 12.5. The van der Waals surface area contributed by atoms with E-state index in [1.807, 2.05) is 44.3 Å². The first-order valence-corrected chi connectivity index (χ1v) is 12.5. The Labute approximate surface area is 211 Å². The zero-order chi connectivity index (χ0) is 25.4. The molecule has 3 aromatic carbocycles. The third kappa shape index (κ3) is 2.09. The van der Waals surface area contributed by atoms with Crippen LogP contribution in [0.15, 0.2) is 48.5 Å². The summed E-state index contributed by atoms with van der Waals surface area (Å²) in [5.74, 6) is -0.447. The van der Waals surface area contributed by atoms with E-state index < -0.39 is 23.5 Å². The van der Waals surface area contributed by atoms with Gasteiger partial charge in [0.05, 0.1) is 34.7 Å². The number of hydrogen-bond donors (Lipinski definition) is 0. The lowest BCUT2D eigenvalue weighted by Gasteiger charge is -2.40. The second kappa shape index (κ2) is 6.51. The third-order valence-corrected chi connectivity index (χ3v) is 8.97. The van der Waals surface area contributed by atoms with E-state index >= 15 is 0 Å². The van der Waals surface area contributed by atoms with Crippen molar-refractivity contribution in [1.82, 2.24) is 14.0 Å². The molecule has 3 aliphatic heterocycles. The van der Waals surface area contributed by atoms with Crippen molar-refractivity contribution >= 4 is 55.5 Å². The standard InChI is InChI=1S/C29H25N3O5/c1-28-29(36-4,27(34)35-3)13-20(37-28)31-18-11-7-5-9-15(18)22-23-17(14-30(2)26(23)33)21-16-10-6-8-12-19(16)32(28)25(21)24(22)31/h5-12,20H,13-14H2,1-4H3/t20-,28+,29+/m0/s1. The minimum Gasteiger partial charge on any atom is -0.467 e. The lowest BCUT2D eigenvalue weighted by Crippen LogP contribution is -2.57. The average molecular weight is 496 g/mol. The Hall–Kier alpha value is -3.88. The minimum absolute atomic E-state index is 0.0268. The topological polar surface area (TPSA) is 74.9 Å². The summed E-state index contributed by atoms with van der Waals surface area (Å²) >= 11 is 0. The van der Waals surface area contributed by atoms with Crippen molar-refractivity contribution in [1.29, 1.82) is 0 Å². The van der Waals surface area contributed by atoms with Gasteiger partial charge < -0.3 is 28.2 Å². The van der Waals surface area contributed by atoms with Crippen LogP contribution in [-0.2, 0) is 31.3 Å². The number of carbonyl (C=O) groups is 2. The SMILES string of the molecule is COC(=O)[C@]1(OC)C[C@@H]2O[C@@]1(C)n1c3ccccc3c3c4c(c5c6ccccc6n2c5c31)C(=O)N(C)C4. The molecule has 0 N–H and O–H groups in total. The summed E-state index contributed by atoms with van der Waals surface area (Å²) in [5.41, 5.74) is 2.95. The van der Waals surface area contributed by atoms with Crippen LogP contribution in [0.3, 0.4) is 0 Å². The Bertz CT molecular complexity index is 1880. The second-order valence-corrected chi connectivity index (χ2v) is 10.5. The van der Waals surface area contributed by atoms with Crippen LogP contribution in [0.5, 0.6) is 0 Å². The van der Waals surface area contributed by atoms with Crippen molar-refractivity contribution in [3.05, 3.63) is 59.7 Å². The van der Waals surface area contributed by atoms with E-state index in [4.69, 9.17) is 14.2 Å². The maximum absolute atomic E-state index is 13.7. The number of aromatic nitrogens is 2. The molecule has 0 radical (unpaired) electrons. The molecule has 186 valence electrons. The zero-order valence-corrected chi connectivity index (χ0v) is 21.0. The van der Waals surface area contributed by atoms with Gasteiger partial charge in [-0.1, -0.05) is 36.4 Å².